The minimum atomic E-state index is -0.920. The van der Waals surface area contributed by atoms with E-state index in [0.717, 1.165) is 12.0 Å². The first-order chi connectivity index (χ1) is 10.3. The summed E-state index contributed by atoms with van der Waals surface area (Å²) in [7, 11) is 1.66. The van der Waals surface area contributed by atoms with E-state index in [9.17, 15) is 9.59 Å². The third-order valence-electron chi connectivity index (χ3n) is 3.74. The molecule has 0 heterocycles. The molecular formula is C17H27ClN2O3. The Morgan fingerprint density at radius 1 is 1.22 bits per heavy atom. The van der Waals surface area contributed by atoms with Gasteiger partial charge in [0.05, 0.1) is 6.54 Å². The van der Waals surface area contributed by atoms with Crippen molar-refractivity contribution in [1.82, 2.24) is 9.80 Å². The van der Waals surface area contributed by atoms with Crippen LogP contribution in [-0.4, -0.2) is 53.0 Å². The molecule has 0 saturated carbocycles. The molecule has 1 rings (SSSR count). The molecule has 1 atom stereocenters. The number of amides is 1. The van der Waals surface area contributed by atoms with Crippen molar-refractivity contribution in [2.24, 2.45) is 0 Å². The molecule has 0 aromatic heterocycles. The molecule has 0 aliphatic heterocycles. The Hall–Kier alpha value is -1.59. The lowest BCUT2D eigenvalue weighted by molar-refractivity contribution is -0.143. The largest absolute Gasteiger partial charge is 0.480 e. The molecule has 23 heavy (non-hydrogen) atoms. The minimum absolute atomic E-state index is 0. The van der Waals surface area contributed by atoms with E-state index in [0.29, 0.717) is 13.1 Å². The standard InChI is InChI=1S/C17H26N2O3.ClH/c1-5-10-19(11-15-8-6-13(2)7-9-15)16(20)12-18(4)14(3)17(21)22;/h6-9,14H,5,10-12H2,1-4H3,(H,21,22);1H. The van der Waals surface area contributed by atoms with Crippen LogP contribution in [0, 0.1) is 6.92 Å². The Balaban J connectivity index is 0.00000484. The topological polar surface area (TPSA) is 60.9 Å². The highest BCUT2D eigenvalue weighted by atomic mass is 35.5. The van der Waals surface area contributed by atoms with Crippen LogP contribution in [0.3, 0.4) is 0 Å². The molecule has 6 heteroatoms. The number of benzene rings is 1. The highest BCUT2D eigenvalue weighted by Crippen LogP contribution is 2.09. The number of rotatable bonds is 8. The highest BCUT2D eigenvalue weighted by Gasteiger charge is 2.22. The molecule has 130 valence electrons. The molecule has 1 aromatic rings. The van der Waals surface area contributed by atoms with Crippen LogP contribution in [0.2, 0.25) is 0 Å². The van der Waals surface area contributed by atoms with Gasteiger partial charge in [-0.25, -0.2) is 0 Å². The second kappa shape index (κ2) is 10.2. The fraction of sp³-hybridized carbons (Fsp3) is 0.529. The van der Waals surface area contributed by atoms with Crippen molar-refractivity contribution in [3.8, 4) is 0 Å². The van der Waals surface area contributed by atoms with Gasteiger partial charge in [-0.15, -0.1) is 12.4 Å². The minimum Gasteiger partial charge on any atom is -0.480 e. The predicted molar refractivity (Wildman–Crippen MR) is 93.9 cm³/mol. The fourth-order valence-electron chi connectivity index (χ4n) is 2.11. The number of likely N-dealkylation sites (N-methyl/N-ethyl adjacent to an activating group) is 1. The molecule has 0 bridgehead atoms. The van der Waals surface area contributed by atoms with Crippen molar-refractivity contribution in [2.75, 3.05) is 20.1 Å². The Bertz CT molecular complexity index is 505. The van der Waals surface area contributed by atoms with Gasteiger partial charge < -0.3 is 10.0 Å². The number of aryl methyl sites for hydroxylation is 1. The van der Waals surface area contributed by atoms with E-state index in [1.807, 2.05) is 38.1 Å². The van der Waals surface area contributed by atoms with Crippen LogP contribution in [-0.2, 0) is 16.1 Å². The van der Waals surface area contributed by atoms with Crippen molar-refractivity contribution in [1.29, 1.82) is 0 Å². The number of hydrogen-bond donors (Lipinski definition) is 1. The lowest BCUT2D eigenvalue weighted by atomic mass is 10.1. The van der Waals surface area contributed by atoms with Gasteiger partial charge in [-0.1, -0.05) is 36.8 Å². The molecule has 0 spiro atoms. The van der Waals surface area contributed by atoms with Gasteiger partial charge in [0.1, 0.15) is 6.04 Å². The molecule has 0 saturated heterocycles. The molecular weight excluding hydrogens is 316 g/mol. The van der Waals surface area contributed by atoms with Crippen LogP contribution >= 0.6 is 12.4 Å². The van der Waals surface area contributed by atoms with E-state index >= 15 is 0 Å². The summed E-state index contributed by atoms with van der Waals surface area (Å²) in [5.74, 6) is -0.964. The van der Waals surface area contributed by atoms with Gasteiger partial charge in [0.25, 0.3) is 0 Å². The molecule has 1 amide bonds. The molecule has 5 nitrogen and oxygen atoms in total. The molecule has 1 unspecified atom stereocenters. The SMILES string of the molecule is CCCN(Cc1ccc(C)cc1)C(=O)CN(C)C(C)C(=O)O.Cl. The maximum Gasteiger partial charge on any atom is 0.320 e. The Kier molecular flexibility index (Phi) is 9.53. The van der Waals surface area contributed by atoms with Gasteiger partial charge in [-0.2, -0.15) is 0 Å². The maximum absolute atomic E-state index is 12.4. The van der Waals surface area contributed by atoms with E-state index in [1.54, 1.807) is 23.8 Å². The van der Waals surface area contributed by atoms with Gasteiger partial charge in [0.15, 0.2) is 0 Å². The van der Waals surface area contributed by atoms with Crippen LogP contribution in [0.1, 0.15) is 31.4 Å². The number of carboxylic acid groups (broad SMARTS) is 1. The second-order valence-corrected chi connectivity index (χ2v) is 5.73. The molecule has 1 aromatic carbocycles. The summed E-state index contributed by atoms with van der Waals surface area (Å²) in [4.78, 5) is 26.8. The number of nitrogens with zero attached hydrogens (tertiary/aromatic N) is 2. The van der Waals surface area contributed by atoms with Crippen LogP contribution in [0.25, 0.3) is 0 Å². The van der Waals surface area contributed by atoms with Gasteiger partial charge in [-0.05, 0) is 32.9 Å². The van der Waals surface area contributed by atoms with Crippen LogP contribution < -0.4 is 0 Å². The zero-order valence-electron chi connectivity index (χ0n) is 14.3. The number of halogens is 1. The number of aliphatic carboxylic acids is 1. The number of hydrogen-bond acceptors (Lipinski definition) is 3. The normalized spacial score (nSPS) is 11.7. The first kappa shape index (κ1) is 21.4. The third kappa shape index (κ3) is 7.01. The lowest BCUT2D eigenvalue weighted by Gasteiger charge is -2.27. The zero-order valence-corrected chi connectivity index (χ0v) is 15.1. The number of carboxylic acids is 1. The molecule has 1 N–H and O–H groups in total. The van der Waals surface area contributed by atoms with Gasteiger partial charge in [-0.3, -0.25) is 14.5 Å². The number of carbonyl (C=O) groups excluding carboxylic acids is 1. The number of carbonyl (C=O) groups is 2. The van der Waals surface area contributed by atoms with E-state index in [4.69, 9.17) is 5.11 Å². The van der Waals surface area contributed by atoms with Crippen molar-refractivity contribution < 1.29 is 14.7 Å². The molecule has 0 aliphatic carbocycles. The summed E-state index contributed by atoms with van der Waals surface area (Å²) >= 11 is 0. The fourth-order valence-corrected chi connectivity index (χ4v) is 2.11. The first-order valence-electron chi connectivity index (χ1n) is 7.61. The van der Waals surface area contributed by atoms with Crippen LogP contribution in [0.4, 0.5) is 0 Å². The third-order valence-corrected chi connectivity index (χ3v) is 3.74. The van der Waals surface area contributed by atoms with E-state index < -0.39 is 12.0 Å². The molecule has 0 fully saturated rings. The van der Waals surface area contributed by atoms with Crippen molar-refractivity contribution in [2.45, 2.75) is 39.8 Å². The van der Waals surface area contributed by atoms with Gasteiger partial charge >= 0.3 is 5.97 Å². The van der Waals surface area contributed by atoms with Crippen molar-refractivity contribution in [3.63, 3.8) is 0 Å². The summed E-state index contributed by atoms with van der Waals surface area (Å²) in [5.41, 5.74) is 2.27. The Labute approximate surface area is 144 Å². The Morgan fingerprint density at radius 2 is 1.78 bits per heavy atom. The van der Waals surface area contributed by atoms with Crippen LogP contribution in [0.15, 0.2) is 24.3 Å². The summed E-state index contributed by atoms with van der Waals surface area (Å²) in [6.07, 6.45) is 0.871. The quantitative estimate of drug-likeness (QED) is 0.788. The summed E-state index contributed by atoms with van der Waals surface area (Å²) in [5, 5.41) is 9.00. The summed E-state index contributed by atoms with van der Waals surface area (Å²) in [6, 6.07) is 7.43. The highest BCUT2D eigenvalue weighted by molar-refractivity contribution is 5.85. The zero-order chi connectivity index (χ0) is 16.7. The Morgan fingerprint density at radius 3 is 2.26 bits per heavy atom. The van der Waals surface area contributed by atoms with Crippen molar-refractivity contribution >= 4 is 24.3 Å². The van der Waals surface area contributed by atoms with E-state index in [-0.39, 0.29) is 24.9 Å². The van der Waals surface area contributed by atoms with Gasteiger partial charge in [0.2, 0.25) is 5.91 Å². The summed E-state index contributed by atoms with van der Waals surface area (Å²) in [6.45, 7) is 6.98. The van der Waals surface area contributed by atoms with E-state index in [2.05, 4.69) is 0 Å². The average molecular weight is 343 g/mol. The molecule has 0 aliphatic rings. The first-order valence-corrected chi connectivity index (χ1v) is 7.61. The maximum atomic E-state index is 12.4. The summed E-state index contributed by atoms with van der Waals surface area (Å²) < 4.78 is 0. The van der Waals surface area contributed by atoms with E-state index in [1.165, 1.54) is 5.56 Å². The monoisotopic (exact) mass is 342 g/mol. The second-order valence-electron chi connectivity index (χ2n) is 5.73. The van der Waals surface area contributed by atoms with Crippen molar-refractivity contribution in [3.05, 3.63) is 35.4 Å². The smallest absolute Gasteiger partial charge is 0.320 e. The lowest BCUT2D eigenvalue weighted by Crippen LogP contribution is -2.44. The average Bonchev–Trinajstić information content (AvgIpc) is 2.47. The van der Waals surface area contributed by atoms with Gasteiger partial charge in [0, 0.05) is 13.1 Å². The predicted octanol–water partition coefficient (Wildman–Crippen LogP) is 2.56. The molecule has 0 radical (unpaired) electrons. The van der Waals surface area contributed by atoms with Crippen LogP contribution in [0.5, 0.6) is 0 Å².